The van der Waals surface area contributed by atoms with E-state index in [0.29, 0.717) is 19.0 Å². The van der Waals surface area contributed by atoms with Gasteiger partial charge in [0.2, 0.25) is 5.91 Å². The number of carboxylic acids is 1. The Kier molecular flexibility index (Phi) is 6.81. The number of hydrogen-bond acceptors (Lipinski definition) is 3. The first-order valence-electron chi connectivity index (χ1n) is 9.53. The standard InChI is InChI=1S/C21H32N2O3/c1-13(2)16-6-8-17(9-7-16)20(14(3)4)22-19(24)12-23-10-15(5)18(11-23)21(25)26/h6-9,13-15,18,20H,10-12H2,1-5H3,(H,22,24)(H,25,26)/t15-,18-,20?/m1/s1. The summed E-state index contributed by atoms with van der Waals surface area (Å²) in [6.45, 7) is 11.8. The van der Waals surface area contributed by atoms with E-state index in [1.54, 1.807) is 0 Å². The smallest absolute Gasteiger partial charge is 0.308 e. The number of hydrogen-bond donors (Lipinski definition) is 2. The van der Waals surface area contributed by atoms with Crippen molar-refractivity contribution in [1.29, 1.82) is 0 Å². The van der Waals surface area contributed by atoms with E-state index in [1.807, 2.05) is 11.8 Å². The quantitative estimate of drug-likeness (QED) is 0.783. The lowest BCUT2D eigenvalue weighted by Crippen LogP contribution is -2.39. The molecule has 1 fully saturated rings. The van der Waals surface area contributed by atoms with Gasteiger partial charge in [-0.05, 0) is 28.9 Å². The minimum absolute atomic E-state index is 0.0426. The van der Waals surface area contributed by atoms with Crippen molar-refractivity contribution in [3.05, 3.63) is 35.4 Å². The van der Waals surface area contributed by atoms with Gasteiger partial charge in [0.15, 0.2) is 0 Å². The summed E-state index contributed by atoms with van der Waals surface area (Å²) >= 11 is 0. The van der Waals surface area contributed by atoms with Gasteiger partial charge in [-0.3, -0.25) is 14.5 Å². The summed E-state index contributed by atoms with van der Waals surface area (Å²) < 4.78 is 0. The van der Waals surface area contributed by atoms with Crippen LogP contribution in [0.4, 0.5) is 0 Å². The molecule has 0 radical (unpaired) electrons. The third kappa shape index (κ3) is 5.07. The molecule has 1 heterocycles. The molecule has 0 saturated carbocycles. The molecular formula is C21H32N2O3. The molecule has 1 aliphatic rings. The minimum Gasteiger partial charge on any atom is -0.481 e. The van der Waals surface area contributed by atoms with E-state index in [2.05, 4.69) is 57.3 Å². The van der Waals surface area contributed by atoms with Crippen molar-refractivity contribution >= 4 is 11.9 Å². The summed E-state index contributed by atoms with van der Waals surface area (Å²) in [5.74, 6) is -0.374. The first kappa shape index (κ1) is 20.4. The lowest BCUT2D eigenvalue weighted by atomic mass is 9.93. The minimum atomic E-state index is -0.772. The van der Waals surface area contributed by atoms with Crippen molar-refractivity contribution in [2.24, 2.45) is 17.8 Å². The number of carbonyl (C=O) groups is 2. The molecule has 1 saturated heterocycles. The Morgan fingerprint density at radius 3 is 2.15 bits per heavy atom. The zero-order valence-corrected chi connectivity index (χ0v) is 16.5. The van der Waals surface area contributed by atoms with Crippen LogP contribution < -0.4 is 5.32 Å². The van der Waals surface area contributed by atoms with Gasteiger partial charge in [0.05, 0.1) is 18.5 Å². The van der Waals surface area contributed by atoms with Crippen molar-refractivity contribution in [1.82, 2.24) is 10.2 Å². The second-order valence-electron chi connectivity index (χ2n) is 8.23. The number of nitrogens with one attached hydrogen (secondary N) is 1. The van der Waals surface area contributed by atoms with Crippen LogP contribution in [-0.2, 0) is 9.59 Å². The predicted molar refractivity (Wildman–Crippen MR) is 103 cm³/mol. The van der Waals surface area contributed by atoms with Gasteiger partial charge in [0, 0.05) is 13.1 Å². The lowest BCUT2D eigenvalue weighted by Gasteiger charge is -2.25. The van der Waals surface area contributed by atoms with E-state index in [9.17, 15) is 14.7 Å². The van der Waals surface area contributed by atoms with Gasteiger partial charge >= 0.3 is 5.97 Å². The SMILES string of the molecule is CC(C)c1ccc(C(NC(=O)CN2C[C@@H](C)[C@H](C(=O)O)C2)C(C)C)cc1. The molecule has 0 aromatic heterocycles. The van der Waals surface area contributed by atoms with Crippen LogP contribution in [-0.4, -0.2) is 41.5 Å². The van der Waals surface area contributed by atoms with Gasteiger partial charge in [-0.25, -0.2) is 0 Å². The Morgan fingerprint density at radius 1 is 1.12 bits per heavy atom. The van der Waals surface area contributed by atoms with E-state index in [-0.39, 0.29) is 36.2 Å². The fourth-order valence-electron chi connectivity index (χ4n) is 3.66. The number of amides is 1. The summed E-state index contributed by atoms with van der Waals surface area (Å²) in [5.41, 5.74) is 2.39. The normalized spacial score (nSPS) is 22.0. The van der Waals surface area contributed by atoms with Crippen molar-refractivity contribution in [3.63, 3.8) is 0 Å². The van der Waals surface area contributed by atoms with E-state index < -0.39 is 5.97 Å². The molecule has 5 heteroatoms. The Bertz CT molecular complexity index is 625. The molecule has 0 bridgehead atoms. The molecule has 0 spiro atoms. The molecule has 1 aliphatic heterocycles. The fourth-order valence-corrected chi connectivity index (χ4v) is 3.66. The van der Waals surface area contributed by atoms with Crippen LogP contribution in [0.5, 0.6) is 0 Å². The van der Waals surface area contributed by atoms with Crippen LogP contribution in [0.1, 0.15) is 57.7 Å². The maximum absolute atomic E-state index is 12.5. The van der Waals surface area contributed by atoms with Gasteiger partial charge in [-0.2, -0.15) is 0 Å². The van der Waals surface area contributed by atoms with Crippen molar-refractivity contribution < 1.29 is 14.7 Å². The maximum Gasteiger partial charge on any atom is 0.308 e. The molecule has 1 amide bonds. The number of benzene rings is 1. The molecule has 1 aromatic carbocycles. The van der Waals surface area contributed by atoms with Gasteiger partial charge in [0.25, 0.3) is 0 Å². The molecule has 1 unspecified atom stereocenters. The zero-order valence-electron chi connectivity index (χ0n) is 16.5. The number of likely N-dealkylation sites (tertiary alicyclic amines) is 1. The predicted octanol–water partition coefficient (Wildman–Crippen LogP) is 3.28. The Labute approximate surface area is 156 Å². The molecule has 2 N–H and O–H groups in total. The fraction of sp³-hybridized carbons (Fsp3) is 0.619. The van der Waals surface area contributed by atoms with Crippen LogP contribution in [0.2, 0.25) is 0 Å². The highest BCUT2D eigenvalue weighted by Gasteiger charge is 2.35. The zero-order chi connectivity index (χ0) is 19.4. The number of nitrogens with zero attached hydrogens (tertiary/aromatic N) is 1. The van der Waals surface area contributed by atoms with Crippen molar-refractivity contribution in [2.45, 2.75) is 46.6 Å². The largest absolute Gasteiger partial charge is 0.481 e. The topological polar surface area (TPSA) is 69.6 Å². The molecule has 26 heavy (non-hydrogen) atoms. The first-order valence-corrected chi connectivity index (χ1v) is 9.53. The van der Waals surface area contributed by atoms with Gasteiger partial charge in [-0.15, -0.1) is 0 Å². The highest BCUT2D eigenvalue weighted by atomic mass is 16.4. The Balaban J connectivity index is 1.99. The van der Waals surface area contributed by atoms with Gasteiger partial charge < -0.3 is 10.4 Å². The number of rotatable bonds is 7. The summed E-state index contributed by atoms with van der Waals surface area (Å²) in [5, 5.41) is 12.4. The van der Waals surface area contributed by atoms with E-state index in [0.717, 1.165) is 5.56 Å². The van der Waals surface area contributed by atoms with E-state index >= 15 is 0 Å². The second-order valence-corrected chi connectivity index (χ2v) is 8.23. The third-order valence-electron chi connectivity index (χ3n) is 5.32. The summed E-state index contributed by atoms with van der Waals surface area (Å²) in [6.07, 6.45) is 0. The summed E-state index contributed by atoms with van der Waals surface area (Å²) in [7, 11) is 0. The third-order valence-corrected chi connectivity index (χ3v) is 5.32. The lowest BCUT2D eigenvalue weighted by molar-refractivity contribution is -0.142. The highest BCUT2D eigenvalue weighted by Crippen LogP contribution is 2.25. The van der Waals surface area contributed by atoms with Crippen LogP contribution in [0, 0.1) is 17.8 Å². The first-order chi connectivity index (χ1) is 12.2. The molecular weight excluding hydrogens is 328 g/mol. The van der Waals surface area contributed by atoms with Crippen LogP contribution in [0.15, 0.2) is 24.3 Å². The van der Waals surface area contributed by atoms with E-state index in [4.69, 9.17) is 0 Å². The van der Waals surface area contributed by atoms with Gasteiger partial charge in [-0.1, -0.05) is 58.9 Å². The number of aliphatic carboxylic acids is 1. The molecule has 1 aromatic rings. The summed E-state index contributed by atoms with van der Waals surface area (Å²) in [4.78, 5) is 25.7. The van der Waals surface area contributed by atoms with Crippen LogP contribution in [0.25, 0.3) is 0 Å². The average molecular weight is 360 g/mol. The second kappa shape index (κ2) is 8.67. The number of carbonyl (C=O) groups excluding carboxylic acids is 1. The van der Waals surface area contributed by atoms with Crippen LogP contribution >= 0.6 is 0 Å². The number of carboxylic acid groups (broad SMARTS) is 1. The van der Waals surface area contributed by atoms with Crippen molar-refractivity contribution in [2.75, 3.05) is 19.6 Å². The van der Waals surface area contributed by atoms with Gasteiger partial charge in [0.1, 0.15) is 0 Å². The molecule has 3 atom stereocenters. The van der Waals surface area contributed by atoms with E-state index in [1.165, 1.54) is 5.56 Å². The summed E-state index contributed by atoms with van der Waals surface area (Å²) in [6, 6.07) is 8.40. The van der Waals surface area contributed by atoms with Crippen LogP contribution in [0.3, 0.4) is 0 Å². The Hall–Kier alpha value is -1.88. The monoisotopic (exact) mass is 360 g/mol. The maximum atomic E-state index is 12.5. The highest BCUT2D eigenvalue weighted by molar-refractivity contribution is 5.79. The Morgan fingerprint density at radius 2 is 1.69 bits per heavy atom. The molecule has 5 nitrogen and oxygen atoms in total. The molecule has 2 rings (SSSR count). The molecule has 144 valence electrons. The average Bonchev–Trinajstić information content (AvgIpc) is 2.93. The van der Waals surface area contributed by atoms with Crippen molar-refractivity contribution in [3.8, 4) is 0 Å². The molecule has 0 aliphatic carbocycles.